The average Bonchev–Trinajstić information content (AvgIpc) is 2.75. The van der Waals surface area contributed by atoms with Crippen LogP contribution >= 0.6 is 69.6 Å². The Labute approximate surface area is 207 Å². The predicted molar refractivity (Wildman–Crippen MR) is 122 cm³/mol. The van der Waals surface area contributed by atoms with Crippen molar-refractivity contribution in [2.24, 2.45) is 0 Å². The molecule has 0 unspecified atom stereocenters. The van der Waals surface area contributed by atoms with Crippen LogP contribution in [-0.2, 0) is 0 Å². The molecule has 3 rings (SSSR count). The van der Waals surface area contributed by atoms with Gasteiger partial charge in [-0.25, -0.2) is 0 Å². The SMILES string of the molecule is Clc1cc(Cl)c(Oc2nc(Cl)c(Cl)cc2Cl)nc1Cl.O=C(NCCO)c1cccnc1. The van der Waals surface area contributed by atoms with Crippen molar-refractivity contribution in [1.82, 2.24) is 20.3 Å². The molecule has 3 heterocycles. The van der Waals surface area contributed by atoms with Crippen molar-refractivity contribution in [3.8, 4) is 11.8 Å². The molecule has 2 N–H and O–H groups in total. The molecule has 3 aromatic rings. The maximum Gasteiger partial charge on any atom is 0.252 e. The van der Waals surface area contributed by atoms with Gasteiger partial charge in [0.1, 0.15) is 10.0 Å². The number of halogens is 6. The molecule has 0 saturated heterocycles. The van der Waals surface area contributed by atoms with Gasteiger partial charge in [0.2, 0.25) is 11.8 Å². The summed E-state index contributed by atoms with van der Waals surface area (Å²) in [5.41, 5.74) is 0.506. The van der Waals surface area contributed by atoms with Crippen molar-refractivity contribution >= 4 is 75.5 Å². The molecule has 0 aliphatic heterocycles. The second-order valence-electron chi connectivity index (χ2n) is 5.42. The highest BCUT2D eigenvalue weighted by Crippen LogP contribution is 2.37. The van der Waals surface area contributed by atoms with Crippen LogP contribution in [-0.4, -0.2) is 39.1 Å². The number of hydrogen-bond donors (Lipinski definition) is 2. The topological polar surface area (TPSA) is 97.2 Å². The van der Waals surface area contributed by atoms with Crippen molar-refractivity contribution in [2.45, 2.75) is 0 Å². The number of nitrogens with zero attached hydrogens (tertiary/aromatic N) is 3. The lowest BCUT2D eigenvalue weighted by atomic mass is 10.3. The number of nitrogens with one attached hydrogen (secondary N) is 1. The number of ether oxygens (including phenoxy) is 1. The Balaban J connectivity index is 0.000000245. The van der Waals surface area contributed by atoms with Gasteiger partial charge in [0, 0.05) is 18.9 Å². The van der Waals surface area contributed by atoms with Crippen molar-refractivity contribution < 1.29 is 14.6 Å². The Morgan fingerprint density at radius 3 is 1.94 bits per heavy atom. The number of aliphatic hydroxyl groups is 1. The first-order valence-corrected chi connectivity index (χ1v) is 10.5. The minimum Gasteiger partial charge on any atom is -0.417 e. The lowest BCUT2D eigenvalue weighted by Gasteiger charge is -2.09. The van der Waals surface area contributed by atoms with E-state index < -0.39 is 0 Å². The molecular weight excluding hydrogens is 533 g/mol. The Kier molecular flexibility index (Phi) is 10.3. The zero-order chi connectivity index (χ0) is 23.0. The van der Waals surface area contributed by atoms with Crippen molar-refractivity contribution in [3.63, 3.8) is 0 Å². The van der Waals surface area contributed by atoms with Crippen LogP contribution in [0.5, 0.6) is 11.8 Å². The Morgan fingerprint density at radius 1 is 0.935 bits per heavy atom. The van der Waals surface area contributed by atoms with Gasteiger partial charge in [0.25, 0.3) is 5.91 Å². The summed E-state index contributed by atoms with van der Waals surface area (Å²) in [6.07, 6.45) is 3.08. The number of rotatable bonds is 5. The number of pyridine rings is 3. The third-order valence-electron chi connectivity index (χ3n) is 3.22. The van der Waals surface area contributed by atoms with Gasteiger partial charge in [0.05, 0.1) is 22.2 Å². The molecule has 0 saturated carbocycles. The van der Waals surface area contributed by atoms with E-state index in [4.69, 9.17) is 79.4 Å². The van der Waals surface area contributed by atoms with Crippen LogP contribution < -0.4 is 10.1 Å². The molecular formula is C18H12Cl6N4O3. The third kappa shape index (κ3) is 7.80. The summed E-state index contributed by atoms with van der Waals surface area (Å²) in [4.78, 5) is 22.7. The number of carbonyl (C=O) groups excluding carboxylic acids is 1. The largest absolute Gasteiger partial charge is 0.417 e. The van der Waals surface area contributed by atoms with Crippen LogP contribution in [0.1, 0.15) is 10.4 Å². The molecule has 164 valence electrons. The summed E-state index contributed by atoms with van der Waals surface area (Å²) >= 11 is 34.9. The van der Waals surface area contributed by atoms with Gasteiger partial charge in [-0.3, -0.25) is 9.78 Å². The maximum atomic E-state index is 11.1. The second-order valence-corrected chi connectivity index (χ2v) is 7.76. The summed E-state index contributed by atoms with van der Waals surface area (Å²) in [5.74, 6) is -0.204. The second kappa shape index (κ2) is 12.5. The molecule has 0 aliphatic rings. The lowest BCUT2D eigenvalue weighted by Crippen LogP contribution is -2.26. The fraction of sp³-hybridized carbons (Fsp3) is 0.111. The van der Waals surface area contributed by atoms with E-state index in [1.807, 2.05) is 0 Å². The van der Waals surface area contributed by atoms with E-state index in [9.17, 15) is 4.79 Å². The predicted octanol–water partition coefficient (Wildman–Crippen LogP) is 5.99. The summed E-state index contributed by atoms with van der Waals surface area (Å²) in [6.45, 7) is 0.222. The lowest BCUT2D eigenvalue weighted by molar-refractivity contribution is 0.0944. The van der Waals surface area contributed by atoms with Crippen LogP contribution in [0.2, 0.25) is 30.4 Å². The van der Waals surface area contributed by atoms with E-state index in [0.717, 1.165) is 0 Å². The van der Waals surface area contributed by atoms with Crippen molar-refractivity contribution in [1.29, 1.82) is 0 Å². The van der Waals surface area contributed by atoms with E-state index in [-0.39, 0.29) is 61.2 Å². The summed E-state index contributed by atoms with van der Waals surface area (Å²) in [7, 11) is 0. The van der Waals surface area contributed by atoms with Gasteiger partial charge in [-0.1, -0.05) is 69.6 Å². The Morgan fingerprint density at radius 2 is 1.48 bits per heavy atom. The zero-order valence-corrected chi connectivity index (χ0v) is 19.8. The molecule has 31 heavy (non-hydrogen) atoms. The molecule has 0 bridgehead atoms. The summed E-state index contributed by atoms with van der Waals surface area (Å²) in [5, 5.41) is 11.7. The molecule has 3 aromatic heterocycles. The Bertz CT molecular complexity index is 1000. The van der Waals surface area contributed by atoms with Crippen molar-refractivity contribution in [2.75, 3.05) is 13.2 Å². The quantitative estimate of drug-likeness (QED) is 0.383. The van der Waals surface area contributed by atoms with Gasteiger partial charge >= 0.3 is 0 Å². The van der Waals surface area contributed by atoms with Gasteiger partial charge < -0.3 is 15.2 Å². The van der Waals surface area contributed by atoms with E-state index in [1.54, 1.807) is 18.3 Å². The molecule has 1 amide bonds. The van der Waals surface area contributed by atoms with Crippen LogP contribution in [0.25, 0.3) is 0 Å². The minimum atomic E-state index is -0.211. The number of amides is 1. The minimum absolute atomic E-state index is 0.00357. The maximum absolute atomic E-state index is 11.1. The molecule has 0 radical (unpaired) electrons. The highest BCUT2D eigenvalue weighted by atomic mass is 35.5. The first-order chi connectivity index (χ1) is 14.7. The van der Waals surface area contributed by atoms with Gasteiger partial charge in [-0.2, -0.15) is 9.97 Å². The van der Waals surface area contributed by atoms with Crippen LogP contribution in [0.15, 0.2) is 36.7 Å². The third-order valence-corrected chi connectivity index (χ3v) is 5.11. The number of aromatic nitrogens is 3. The normalized spacial score (nSPS) is 10.2. The smallest absolute Gasteiger partial charge is 0.252 e. The van der Waals surface area contributed by atoms with Crippen LogP contribution in [0.4, 0.5) is 0 Å². The highest BCUT2D eigenvalue weighted by molar-refractivity contribution is 6.43. The van der Waals surface area contributed by atoms with Gasteiger partial charge in [-0.05, 0) is 24.3 Å². The zero-order valence-electron chi connectivity index (χ0n) is 15.3. The fourth-order valence-electron chi connectivity index (χ4n) is 1.86. The van der Waals surface area contributed by atoms with Crippen LogP contribution in [0, 0.1) is 0 Å². The fourth-order valence-corrected chi connectivity index (χ4v) is 2.92. The van der Waals surface area contributed by atoms with E-state index in [1.165, 1.54) is 18.3 Å². The molecule has 13 heteroatoms. The standard InChI is InChI=1S/C10H2Cl6N2O.C8H10N2O2/c11-3-1-5(13)9(17-7(3)15)19-10-6(14)2-4(12)8(16)18-10;11-5-4-10-8(12)7-2-1-3-9-6-7/h1-2H;1-3,6,11H,4-5H2,(H,10,12). The number of carbonyl (C=O) groups is 1. The summed E-state index contributed by atoms with van der Waals surface area (Å²) in [6, 6.07) is 6.13. The Hall–Kier alpha value is -1.58. The number of hydrogen-bond acceptors (Lipinski definition) is 6. The molecule has 0 spiro atoms. The van der Waals surface area contributed by atoms with Crippen LogP contribution in [0.3, 0.4) is 0 Å². The van der Waals surface area contributed by atoms with Gasteiger partial charge in [-0.15, -0.1) is 0 Å². The molecule has 0 aromatic carbocycles. The van der Waals surface area contributed by atoms with E-state index >= 15 is 0 Å². The highest BCUT2D eigenvalue weighted by Gasteiger charge is 2.15. The first-order valence-electron chi connectivity index (χ1n) is 8.23. The monoisotopic (exact) mass is 542 g/mol. The molecule has 0 fully saturated rings. The first kappa shape index (κ1) is 25.7. The van der Waals surface area contributed by atoms with Crippen molar-refractivity contribution in [3.05, 3.63) is 72.6 Å². The molecule has 0 aliphatic carbocycles. The number of aliphatic hydroxyl groups excluding tert-OH is 1. The summed E-state index contributed by atoms with van der Waals surface area (Å²) < 4.78 is 5.34. The van der Waals surface area contributed by atoms with E-state index in [0.29, 0.717) is 5.56 Å². The molecule has 0 atom stereocenters. The van der Waals surface area contributed by atoms with E-state index in [2.05, 4.69) is 20.3 Å². The molecule has 7 nitrogen and oxygen atoms in total. The average molecular weight is 545 g/mol. The van der Waals surface area contributed by atoms with Gasteiger partial charge in [0.15, 0.2) is 10.3 Å².